The number of amides is 1. The Morgan fingerprint density at radius 1 is 1.26 bits per heavy atom. The Labute approximate surface area is 201 Å². The number of aromatic nitrogens is 5. The van der Waals surface area contributed by atoms with E-state index in [1.54, 1.807) is 6.20 Å². The summed E-state index contributed by atoms with van der Waals surface area (Å²) in [5.41, 5.74) is 1.24. The summed E-state index contributed by atoms with van der Waals surface area (Å²) in [5.74, 6) is 1.17. The summed E-state index contributed by atoms with van der Waals surface area (Å²) in [6.07, 6.45) is 4.33. The monoisotopic (exact) mass is 490 g/mol. The van der Waals surface area contributed by atoms with Gasteiger partial charge in [-0.25, -0.2) is 28.2 Å². The molecule has 4 rings (SSSR count). The summed E-state index contributed by atoms with van der Waals surface area (Å²) < 4.78 is 29.5. The largest absolute Gasteiger partial charge is 0.356 e. The highest BCUT2D eigenvalue weighted by atomic mass is 32.2. The molecule has 1 aliphatic heterocycles. The van der Waals surface area contributed by atoms with Gasteiger partial charge in [0.05, 0.1) is 18.4 Å². The van der Waals surface area contributed by atoms with Crippen molar-refractivity contribution < 1.29 is 13.6 Å². The molecule has 0 bridgehead atoms. The first-order chi connectivity index (χ1) is 16.4. The van der Waals surface area contributed by atoms with Gasteiger partial charge >= 0.3 is 0 Å². The van der Waals surface area contributed by atoms with Crippen LogP contribution in [0.2, 0.25) is 0 Å². The molecule has 1 unspecified atom stereocenters. The van der Waals surface area contributed by atoms with Crippen molar-refractivity contribution in [3.8, 4) is 11.4 Å². The van der Waals surface area contributed by atoms with E-state index in [2.05, 4.69) is 25.0 Å². The number of piperidine rings is 1. The zero-order chi connectivity index (χ0) is 24.2. The zero-order valence-corrected chi connectivity index (χ0v) is 20.3. The second kappa shape index (κ2) is 10.6. The van der Waals surface area contributed by atoms with E-state index < -0.39 is 6.43 Å². The molecule has 3 aromatic heterocycles. The Bertz CT molecular complexity index is 1140. The van der Waals surface area contributed by atoms with Gasteiger partial charge in [0.2, 0.25) is 5.91 Å². The molecule has 0 aromatic carbocycles. The first kappa shape index (κ1) is 24.3. The van der Waals surface area contributed by atoms with Crippen molar-refractivity contribution in [2.45, 2.75) is 19.3 Å². The van der Waals surface area contributed by atoms with E-state index in [4.69, 9.17) is 0 Å². The van der Waals surface area contributed by atoms with Crippen LogP contribution in [0.15, 0.2) is 30.7 Å². The third-order valence-electron chi connectivity index (χ3n) is 5.74. The van der Waals surface area contributed by atoms with E-state index in [-0.39, 0.29) is 11.6 Å². The summed E-state index contributed by atoms with van der Waals surface area (Å²) in [4.78, 5) is 29.7. The molecule has 1 aliphatic rings. The lowest BCUT2D eigenvalue weighted by atomic mass is 9.98. The number of nitrogens with zero attached hydrogens (tertiary/aromatic N) is 8. The zero-order valence-electron chi connectivity index (χ0n) is 19.4. The van der Waals surface area contributed by atoms with Crippen molar-refractivity contribution >= 4 is 29.3 Å². The van der Waals surface area contributed by atoms with Gasteiger partial charge in [-0.2, -0.15) is 5.10 Å². The highest BCUT2D eigenvalue weighted by Gasteiger charge is 2.26. The molecule has 0 spiro atoms. The number of carbonyl (C=O) groups is 1. The summed E-state index contributed by atoms with van der Waals surface area (Å²) in [6, 6.07) is 4.63. The summed E-state index contributed by atoms with van der Waals surface area (Å²) in [5, 5.41) is 4.03. The fourth-order valence-corrected chi connectivity index (χ4v) is 4.74. The van der Waals surface area contributed by atoms with E-state index in [1.165, 1.54) is 34.9 Å². The lowest BCUT2D eigenvalue weighted by molar-refractivity contribution is -0.127. The maximum atomic E-state index is 13.2. The molecule has 182 valence electrons. The van der Waals surface area contributed by atoms with Gasteiger partial charge in [0.1, 0.15) is 23.5 Å². The fraction of sp³-hybridized carbons (Fsp3) is 0.500. The van der Waals surface area contributed by atoms with Crippen LogP contribution in [0.4, 0.5) is 14.6 Å². The minimum absolute atomic E-state index is 0.0993. The van der Waals surface area contributed by atoms with Crippen LogP contribution in [0.1, 0.15) is 25.0 Å². The van der Waals surface area contributed by atoms with Gasteiger partial charge in [-0.15, -0.1) is 0 Å². The normalized spacial score (nSPS) is 16.6. The number of likely N-dealkylation sites (N-methyl/N-ethyl adjacent to an activating group) is 1. The molecule has 3 aromatic rings. The summed E-state index contributed by atoms with van der Waals surface area (Å²) in [7, 11) is 3.78. The first-order valence-electron chi connectivity index (χ1n) is 11.0. The molecule has 1 fully saturated rings. The number of carbonyl (C=O) groups excluding carboxylic acids is 1. The molecule has 34 heavy (non-hydrogen) atoms. The number of anilines is 1. The Morgan fingerprint density at radius 3 is 2.82 bits per heavy atom. The third kappa shape index (κ3) is 5.44. The highest BCUT2D eigenvalue weighted by Crippen LogP contribution is 2.27. The molecule has 0 N–H and O–H groups in total. The van der Waals surface area contributed by atoms with Crippen LogP contribution in [0.3, 0.4) is 0 Å². The van der Waals surface area contributed by atoms with Crippen molar-refractivity contribution in [2.75, 3.05) is 51.4 Å². The minimum atomic E-state index is -2.67. The maximum absolute atomic E-state index is 13.2. The van der Waals surface area contributed by atoms with Gasteiger partial charge in [0, 0.05) is 32.0 Å². The Morgan fingerprint density at radius 2 is 2.09 bits per heavy atom. The van der Waals surface area contributed by atoms with Crippen LogP contribution in [0, 0.1) is 5.92 Å². The topological polar surface area (TPSA) is 82.8 Å². The smallest absolute Gasteiger partial charge is 0.282 e. The van der Waals surface area contributed by atoms with E-state index >= 15 is 0 Å². The molecular weight excluding hydrogens is 462 g/mol. The average molecular weight is 491 g/mol. The predicted molar refractivity (Wildman–Crippen MR) is 128 cm³/mol. The number of hydrogen-bond donors (Lipinski definition) is 0. The van der Waals surface area contributed by atoms with Gasteiger partial charge in [-0.1, -0.05) is 11.9 Å². The van der Waals surface area contributed by atoms with Crippen molar-refractivity contribution in [3.63, 3.8) is 0 Å². The average Bonchev–Trinajstić information content (AvgIpc) is 3.25. The fourth-order valence-electron chi connectivity index (χ4n) is 4.12. The van der Waals surface area contributed by atoms with Gasteiger partial charge < -0.3 is 9.80 Å². The summed E-state index contributed by atoms with van der Waals surface area (Å²) >= 11 is 1.46. The van der Waals surface area contributed by atoms with Crippen LogP contribution in [0.25, 0.3) is 17.0 Å². The van der Waals surface area contributed by atoms with Crippen LogP contribution in [0.5, 0.6) is 0 Å². The van der Waals surface area contributed by atoms with Crippen LogP contribution >= 0.6 is 11.9 Å². The molecule has 1 atom stereocenters. The standard InChI is InChI=1S/C22H28F2N8OS/c1-29(2)13-21(33)31(34-3)12-15-5-4-8-30(11-15)20-9-17(26-14-27-20)18-10-25-19-7-6-16(22(23)24)28-32(18)19/h6-7,9-10,14-15,22H,4-5,8,11-13H2,1-3H3. The number of fused-ring (bicyclic) bond motifs is 1. The van der Waals surface area contributed by atoms with E-state index in [9.17, 15) is 13.6 Å². The van der Waals surface area contributed by atoms with Crippen molar-refractivity contribution in [1.29, 1.82) is 0 Å². The van der Waals surface area contributed by atoms with Crippen molar-refractivity contribution in [3.05, 3.63) is 36.4 Å². The highest BCUT2D eigenvalue weighted by molar-refractivity contribution is 7.96. The van der Waals surface area contributed by atoms with Gasteiger partial charge in [0.25, 0.3) is 6.43 Å². The van der Waals surface area contributed by atoms with Crippen LogP contribution in [-0.2, 0) is 4.79 Å². The minimum Gasteiger partial charge on any atom is -0.356 e. The molecule has 9 nitrogen and oxygen atoms in total. The summed E-state index contributed by atoms with van der Waals surface area (Å²) in [6.45, 7) is 2.67. The lowest BCUT2D eigenvalue weighted by Gasteiger charge is -2.36. The molecule has 1 saturated heterocycles. The van der Waals surface area contributed by atoms with Crippen molar-refractivity contribution in [2.24, 2.45) is 5.92 Å². The molecule has 0 radical (unpaired) electrons. The SMILES string of the molecule is CSN(CC1CCCN(c2cc(-c3cnc4ccc(C(F)F)nn34)ncn2)C1)C(=O)CN(C)C. The van der Waals surface area contributed by atoms with E-state index in [1.807, 2.05) is 35.6 Å². The Balaban J connectivity index is 1.52. The van der Waals surface area contributed by atoms with Gasteiger partial charge in [-0.3, -0.25) is 9.10 Å². The Kier molecular flexibility index (Phi) is 7.57. The second-order valence-corrected chi connectivity index (χ2v) is 9.37. The van der Waals surface area contributed by atoms with Crippen LogP contribution in [-0.4, -0.2) is 86.2 Å². The van der Waals surface area contributed by atoms with E-state index in [0.29, 0.717) is 36.0 Å². The number of hydrogen-bond acceptors (Lipinski definition) is 8. The number of imidazole rings is 1. The first-order valence-corrected chi connectivity index (χ1v) is 12.2. The lowest BCUT2D eigenvalue weighted by Crippen LogP contribution is -2.42. The molecule has 12 heteroatoms. The Hall–Kier alpha value is -2.86. The van der Waals surface area contributed by atoms with Gasteiger partial charge in [0.15, 0.2) is 5.65 Å². The number of rotatable bonds is 8. The molecule has 4 heterocycles. The second-order valence-electron chi connectivity index (χ2n) is 8.56. The van der Waals surface area contributed by atoms with Crippen LogP contribution < -0.4 is 4.90 Å². The molecular formula is C22H28F2N8OS. The van der Waals surface area contributed by atoms with Crippen molar-refractivity contribution in [1.82, 2.24) is 33.8 Å². The maximum Gasteiger partial charge on any atom is 0.282 e. The molecule has 0 saturated carbocycles. The van der Waals surface area contributed by atoms with Gasteiger partial charge in [-0.05, 0) is 45.0 Å². The third-order valence-corrected chi connectivity index (χ3v) is 6.53. The van der Waals surface area contributed by atoms with E-state index in [0.717, 1.165) is 31.7 Å². The number of alkyl halides is 2. The molecule has 1 amide bonds. The quantitative estimate of drug-likeness (QED) is 0.446. The number of halogens is 2. The molecule has 0 aliphatic carbocycles. The predicted octanol–water partition coefficient (Wildman–Crippen LogP) is 3.01.